The number of rotatable bonds is 8. The molecule has 2 N–H and O–H groups in total. The van der Waals surface area contributed by atoms with Gasteiger partial charge in [0.15, 0.2) is 5.65 Å². The molecule has 9 nitrogen and oxygen atoms in total. The quantitative estimate of drug-likeness (QED) is 0.447. The Bertz CT molecular complexity index is 1330. The number of piperidine rings is 1. The van der Waals surface area contributed by atoms with Crippen molar-refractivity contribution in [3.63, 3.8) is 0 Å². The molecule has 0 saturated carbocycles. The molecule has 1 atom stereocenters. The van der Waals surface area contributed by atoms with Crippen LogP contribution >= 0.6 is 0 Å². The van der Waals surface area contributed by atoms with Crippen molar-refractivity contribution >= 4 is 22.8 Å². The minimum Gasteiger partial charge on any atom is -0.481 e. The van der Waals surface area contributed by atoms with Crippen LogP contribution in [0.15, 0.2) is 24.3 Å². The monoisotopic (exact) mass is 533 g/mol. The summed E-state index contributed by atoms with van der Waals surface area (Å²) in [5.74, 6) is -0.285. The van der Waals surface area contributed by atoms with Gasteiger partial charge in [0.2, 0.25) is 11.8 Å². The van der Waals surface area contributed by atoms with E-state index in [4.69, 9.17) is 9.47 Å². The Hall–Kier alpha value is -3.51. The lowest BCUT2D eigenvalue weighted by Gasteiger charge is -2.38. The van der Waals surface area contributed by atoms with Gasteiger partial charge in [-0.25, -0.2) is 23.1 Å². The number of ether oxygens (including phenoxy) is 2. The van der Waals surface area contributed by atoms with Gasteiger partial charge in [-0.15, -0.1) is 0 Å². The Morgan fingerprint density at radius 2 is 1.87 bits per heavy atom. The fraction of sp³-hybridized carbons (Fsp3) is 0.462. The number of anilines is 1. The van der Waals surface area contributed by atoms with E-state index in [1.54, 1.807) is 24.8 Å². The molecule has 0 unspecified atom stereocenters. The van der Waals surface area contributed by atoms with Crippen molar-refractivity contribution in [2.24, 2.45) is 0 Å². The molecule has 4 rings (SSSR count). The van der Waals surface area contributed by atoms with Crippen LogP contribution in [0, 0.1) is 12.7 Å². The minimum atomic E-state index is -2.94. The minimum absolute atomic E-state index is 0.0377. The summed E-state index contributed by atoms with van der Waals surface area (Å²) in [7, 11) is 2.89. The Kier molecular flexibility index (Phi) is 8.02. The molecular formula is C26H30F3N5O4. The van der Waals surface area contributed by atoms with Crippen LogP contribution in [-0.4, -0.2) is 64.8 Å². The highest BCUT2D eigenvalue weighted by atomic mass is 19.3. The highest BCUT2D eigenvalue weighted by Gasteiger charge is 2.38. The van der Waals surface area contributed by atoms with E-state index >= 15 is 0 Å². The largest absolute Gasteiger partial charge is 0.481 e. The maximum Gasteiger partial charge on any atom is 0.266 e. The molecule has 1 aromatic carbocycles. The van der Waals surface area contributed by atoms with Gasteiger partial charge in [-0.05, 0) is 32.8 Å². The zero-order valence-corrected chi connectivity index (χ0v) is 21.6. The number of aliphatic hydroxyl groups is 1. The number of carbonyl (C=O) groups is 1. The molecule has 3 aromatic rings. The third-order valence-electron chi connectivity index (χ3n) is 6.78. The molecule has 1 amide bonds. The van der Waals surface area contributed by atoms with Crippen LogP contribution in [0.2, 0.25) is 0 Å². The van der Waals surface area contributed by atoms with Crippen LogP contribution < -0.4 is 10.1 Å². The summed E-state index contributed by atoms with van der Waals surface area (Å²) in [6.45, 7) is 3.88. The number of nitrogens with one attached hydrogen (secondary N) is 1. The number of likely N-dealkylation sites (tertiary alicyclic amines) is 1. The SMILES string of the molecule is COCC(=O)N1CCC(O)(c2cc3c(N[C@H](C)c4cccc(C(F)F)c4F)nc(C)nc3nc2OC)CC1. The van der Waals surface area contributed by atoms with Gasteiger partial charge in [-0.3, -0.25) is 4.79 Å². The number of halogens is 3. The smallest absolute Gasteiger partial charge is 0.266 e. The first kappa shape index (κ1) is 27.5. The van der Waals surface area contributed by atoms with Crippen LogP contribution in [0.25, 0.3) is 11.0 Å². The Morgan fingerprint density at radius 3 is 2.50 bits per heavy atom. The van der Waals surface area contributed by atoms with E-state index in [1.165, 1.54) is 26.4 Å². The Labute approximate surface area is 218 Å². The van der Waals surface area contributed by atoms with Crippen LogP contribution in [0.5, 0.6) is 5.88 Å². The van der Waals surface area contributed by atoms with Crippen molar-refractivity contribution < 1.29 is 32.5 Å². The lowest BCUT2D eigenvalue weighted by atomic mass is 9.84. The van der Waals surface area contributed by atoms with Crippen molar-refractivity contribution in [3.05, 3.63) is 52.6 Å². The second kappa shape index (κ2) is 11.1. The molecule has 0 bridgehead atoms. The van der Waals surface area contributed by atoms with Gasteiger partial charge >= 0.3 is 0 Å². The van der Waals surface area contributed by atoms with E-state index in [2.05, 4.69) is 20.3 Å². The summed E-state index contributed by atoms with van der Waals surface area (Å²) in [5.41, 5.74) is -1.28. The van der Waals surface area contributed by atoms with Crippen LogP contribution in [0.1, 0.15) is 54.7 Å². The summed E-state index contributed by atoms with van der Waals surface area (Å²) in [4.78, 5) is 27.2. The predicted octanol–water partition coefficient (Wildman–Crippen LogP) is 4.05. The van der Waals surface area contributed by atoms with Gasteiger partial charge in [-0.2, -0.15) is 4.98 Å². The molecule has 2 aromatic heterocycles. The van der Waals surface area contributed by atoms with E-state index in [9.17, 15) is 23.1 Å². The van der Waals surface area contributed by atoms with E-state index in [-0.39, 0.29) is 42.4 Å². The van der Waals surface area contributed by atoms with Gasteiger partial charge < -0.3 is 24.8 Å². The Morgan fingerprint density at radius 1 is 1.18 bits per heavy atom. The molecule has 1 aliphatic rings. The van der Waals surface area contributed by atoms with Gasteiger partial charge in [0.1, 0.15) is 24.1 Å². The number of aromatic nitrogens is 3. The fourth-order valence-corrected chi connectivity index (χ4v) is 4.71. The molecule has 12 heteroatoms. The average Bonchev–Trinajstić information content (AvgIpc) is 2.88. The number of alkyl halides is 2. The average molecular weight is 534 g/mol. The zero-order valence-electron chi connectivity index (χ0n) is 21.6. The van der Waals surface area contributed by atoms with Gasteiger partial charge in [0, 0.05) is 31.3 Å². The number of nitrogens with zero attached hydrogens (tertiary/aromatic N) is 4. The zero-order chi connectivity index (χ0) is 27.6. The summed E-state index contributed by atoms with van der Waals surface area (Å²) < 4.78 is 51.7. The summed E-state index contributed by atoms with van der Waals surface area (Å²) in [6.07, 6.45) is -2.46. The number of carbonyl (C=O) groups excluding carboxylic acids is 1. The molecule has 204 valence electrons. The number of aryl methyl sites for hydroxylation is 1. The third kappa shape index (κ3) is 5.37. The van der Waals surface area contributed by atoms with Crippen LogP contribution in [0.4, 0.5) is 19.0 Å². The first-order chi connectivity index (χ1) is 18.1. The molecule has 0 aliphatic carbocycles. The maximum atomic E-state index is 14.8. The predicted molar refractivity (Wildman–Crippen MR) is 134 cm³/mol. The van der Waals surface area contributed by atoms with Crippen LogP contribution in [0.3, 0.4) is 0 Å². The van der Waals surface area contributed by atoms with Crippen molar-refractivity contribution in [2.75, 3.05) is 39.2 Å². The normalized spacial score (nSPS) is 16.1. The van der Waals surface area contributed by atoms with E-state index in [0.29, 0.717) is 35.7 Å². The highest BCUT2D eigenvalue weighted by Crippen LogP contribution is 2.40. The lowest BCUT2D eigenvalue weighted by Crippen LogP contribution is -2.46. The molecule has 1 aliphatic heterocycles. The van der Waals surface area contributed by atoms with E-state index < -0.39 is 29.4 Å². The number of methoxy groups -OCH3 is 2. The van der Waals surface area contributed by atoms with Gasteiger partial charge in [-0.1, -0.05) is 18.2 Å². The van der Waals surface area contributed by atoms with Crippen LogP contribution in [-0.2, 0) is 15.1 Å². The number of fused-ring (bicyclic) bond motifs is 1. The maximum absolute atomic E-state index is 14.8. The third-order valence-corrected chi connectivity index (χ3v) is 6.78. The second-order valence-electron chi connectivity index (χ2n) is 9.30. The summed E-state index contributed by atoms with van der Waals surface area (Å²) in [5, 5.41) is 15.1. The van der Waals surface area contributed by atoms with Crippen molar-refractivity contribution in [1.82, 2.24) is 19.9 Å². The van der Waals surface area contributed by atoms with Gasteiger partial charge in [0.05, 0.1) is 29.7 Å². The first-order valence-corrected chi connectivity index (χ1v) is 12.1. The fourth-order valence-electron chi connectivity index (χ4n) is 4.71. The molecule has 38 heavy (non-hydrogen) atoms. The highest BCUT2D eigenvalue weighted by molar-refractivity contribution is 5.88. The van der Waals surface area contributed by atoms with E-state index in [1.807, 2.05) is 0 Å². The van der Waals surface area contributed by atoms with Crippen molar-refractivity contribution in [2.45, 2.75) is 44.8 Å². The first-order valence-electron chi connectivity index (χ1n) is 12.1. The van der Waals surface area contributed by atoms with Crippen molar-refractivity contribution in [1.29, 1.82) is 0 Å². The number of hydrogen-bond donors (Lipinski definition) is 2. The van der Waals surface area contributed by atoms with Crippen molar-refractivity contribution in [3.8, 4) is 5.88 Å². The number of amides is 1. The molecule has 1 fully saturated rings. The number of benzene rings is 1. The number of pyridine rings is 1. The molecular weight excluding hydrogens is 503 g/mol. The molecule has 0 radical (unpaired) electrons. The van der Waals surface area contributed by atoms with Gasteiger partial charge in [0.25, 0.3) is 6.43 Å². The molecule has 1 saturated heterocycles. The van der Waals surface area contributed by atoms with E-state index in [0.717, 1.165) is 6.07 Å². The molecule has 0 spiro atoms. The lowest BCUT2D eigenvalue weighted by molar-refractivity contribution is -0.139. The second-order valence-corrected chi connectivity index (χ2v) is 9.30. The summed E-state index contributed by atoms with van der Waals surface area (Å²) in [6, 6.07) is 4.82. The standard InChI is InChI=1S/C26H30F3N5O4/c1-14(16-6-5-7-17(21(16)27)22(28)29)30-23-18-12-19(25(38-4)33-24(18)32-15(2)31-23)26(36)8-10-34(11-9-26)20(35)13-37-3/h5-7,12,14,22,36H,8-11,13H2,1-4H3,(H,30,31,32,33)/t14-/m1/s1. The topological polar surface area (TPSA) is 110 Å². The number of hydrogen-bond acceptors (Lipinski definition) is 8. The summed E-state index contributed by atoms with van der Waals surface area (Å²) >= 11 is 0. The Balaban J connectivity index is 1.71. The molecule has 3 heterocycles.